The summed E-state index contributed by atoms with van der Waals surface area (Å²) in [5.74, 6) is 0. The minimum Gasteiger partial charge on any atom is -0.347 e. The number of nitrogens with zero attached hydrogens (tertiary/aromatic N) is 1. The van der Waals surface area contributed by atoms with Crippen molar-refractivity contribution in [1.82, 2.24) is 19.4 Å². The SMILES string of the molecule is CC(C)NS(=O)(=O)NCc1cnc[nH]1. The smallest absolute Gasteiger partial charge is 0.277 e. The Morgan fingerprint density at radius 1 is 1.57 bits per heavy atom. The standard InChI is InChI=1S/C7H14N4O2S/c1-6(2)11-14(12,13)10-4-7-3-8-5-9-7/h3,5-6,10-11H,4H2,1-2H3,(H,8,9). The van der Waals surface area contributed by atoms with E-state index in [0.717, 1.165) is 5.69 Å². The van der Waals surface area contributed by atoms with E-state index in [4.69, 9.17) is 0 Å². The predicted molar refractivity (Wildman–Crippen MR) is 52.6 cm³/mol. The second kappa shape index (κ2) is 4.54. The Morgan fingerprint density at radius 3 is 2.79 bits per heavy atom. The number of nitrogens with one attached hydrogen (secondary N) is 3. The normalized spacial score (nSPS) is 12.2. The Morgan fingerprint density at radius 2 is 2.29 bits per heavy atom. The lowest BCUT2D eigenvalue weighted by Crippen LogP contribution is -2.39. The molecule has 0 aromatic carbocycles. The first-order chi connectivity index (χ1) is 6.49. The van der Waals surface area contributed by atoms with Gasteiger partial charge in [0.1, 0.15) is 0 Å². The van der Waals surface area contributed by atoms with Crippen molar-refractivity contribution in [2.75, 3.05) is 0 Å². The van der Waals surface area contributed by atoms with Crippen molar-refractivity contribution in [2.45, 2.75) is 26.4 Å². The molecule has 0 spiro atoms. The predicted octanol–water partition coefficient (Wildman–Crippen LogP) is -0.258. The van der Waals surface area contributed by atoms with E-state index in [1.54, 1.807) is 20.0 Å². The number of aromatic amines is 1. The fraction of sp³-hybridized carbons (Fsp3) is 0.571. The molecule has 1 aromatic rings. The highest BCUT2D eigenvalue weighted by Gasteiger charge is 2.10. The molecule has 80 valence electrons. The Labute approximate surface area is 83.3 Å². The van der Waals surface area contributed by atoms with E-state index >= 15 is 0 Å². The monoisotopic (exact) mass is 218 g/mol. The van der Waals surface area contributed by atoms with Gasteiger partial charge in [-0.25, -0.2) is 4.98 Å². The molecule has 0 atom stereocenters. The van der Waals surface area contributed by atoms with Crippen molar-refractivity contribution in [3.05, 3.63) is 18.2 Å². The fourth-order valence-corrected chi connectivity index (χ4v) is 1.96. The van der Waals surface area contributed by atoms with Gasteiger partial charge in [-0.1, -0.05) is 0 Å². The Bertz CT molecular complexity index is 357. The third-order valence-corrected chi connectivity index (χ3v) is 2.70. The van der Waals surface area contributed by atoms with Gasteiger partial charge in [-0.2, -0.15) is 17.9 Å². The zero-order valence-corrected chi connectivity index (χ0v) is 8.93. The lowest BCUT2D eigenvalue weighted by atomic mass is 10.4. The summed E-state index contributed by atoms with van der Waals surface area (Å²) in [4.78, 5) is 6.57. The molecule has 1 aromatic heterocycles. The molecule has 0 aliphatic rings. The van der Waals surface area contributed by atoms with Crippen LogP contribution in [0.15, 0.2) is 12.5 Å². The second-order valence-corrected chi connectivity index (χ2v) is 4.71. The van der Waals surface area contributed by atoms with Gasteiger partial charge in [0, 0.05) is 17.9 Å². The first kappa shape index (κ1) is 11.2. The zero-order valence-electron chi connectivity index (χ0n) is 8.11. The molecule has 3 N–H and O–H groups in total. The van der Waals surface area contributed by atoms with E-state index in [1.165, 1.54) is 6.33 Å². The van der Waals surface area contributed by atoms with Gasteiger partial charge in [-0.15, -0.1) is 0 Å². The quantitative estimate of drug-likeness (QED) is 0.636. The molecular weight excluding hydrogens is 204 g/mol. The van der Waals surface area contributed by atoms with Gasteiger partial charge in [0.2, 0.25) is 0 Å². The minimum atomic E-state index is -3.40. The number of hydrogen-bond acceptors (Lipinski definition) is 3. The van der Waals surface area contributed by atoms with Gasteiger partial charge in [0.05, 0.1) is 12.9 Å². The van der Waals surface area contributed by atoms with Crippen molar-refractivity contribution in [2.24, 2.45) is 0 Å². The topological polar surface area (TPSA) is 86.9 Å². The van der Waals surface area contributed by atoms with Gasteiger partial charge in [-0.05, 0) is 13.8 Å². The summed E-state index contributed by atoms with van der Waals surface area (Å²) < 4.78 is 27.4. The summed E-state index contributed by atoms with van der Waals surface area (Å²) in [5, 5.41) is 0. The maximum atomic E-state index is 11.3. The minimum absolute atomic E-state index is 0.116. The maximum absolute atomic E-state index is 11.3. The van der Waals surface area contributed by atoms with Crippen LogP contribution in [0.3, 0.4) is 0 Å². The first-order valence-electron chi connectivity index (χ1n) is 4.24. The van der Waals surface area contributed by atoms with Crippen LogP contribution in [-0.4, -0.2) is 24.4 Å². The van der Waals surface area contributed by atoms with E-state index in [9.17, 15) is 8.42 Å². The van der Waals surface area contributed by atoms with Gasteiger partial charge in [0.25, 0.3) is 10.2 Å². The van der Waals surface area contributed by atoms with Crippen LogP contribution in [0.1, 0.15) is 19.5 Å². The zero-order chi connectivity index (χ0) is 10.6. The van der Waals surface area contributed by atoms with Crippen molar-refractivity contribution in [1.29, 1.82) is 0 Å². The van der Waals surface area contributed by atoms with Gasteiger partial charge in [0.15, 0.2) is 0 Å². The molecule has 1 rings (SSSR count). The summed E-state index contributed by atoms with van der Waals surface area (Å²) in [6, 6.07) is -0.116. The van der Waals surface area contributed by atoms with Crippen LogP contribution in [0.4, 0.5) is 0 Å². The van der Waals surface area contributed by atoms with E-state index in [-0.39, 0.29) is 12.6 Å². The summed E-state index contributed by atoms with van der Waals surface area (Å²) in [6.45, 7) is 3.73. The molecule has 0 amide bonds. The molecule has 0 radical (unpaired) electrons. The van der Waals surface area contributed by atoms with E-state index in [2.05, 4.69) is 19.4 Å². The van der Waals surface area contributed by atoms with E-state index in [1.807, 2.05) is 0 Å². The largest absolute Gasteiger partial charge is 0.347 e. The average Bonchev–Trinajstić information content (AvgIpc) is 2.50. The van der Waals surface area contributed by atoms with Crippen molar-refractivity contribution >= 4 is 10.2 Å². The van der Waals surface area contributed by atoms with Crippen LogP contribution < -0.4 is 9.44 Å². The lowest BCUT2D eigenvalue weighted by molar-refractivity contribution is 0.554. The summed E-state index contributed by atoms with van der Waals surface area (Å²) in [5.41, 5.74) is 0.721. The molecule has 0 fully saturated rings. The second-order valence-electron chi connectivity index (χ2n) is 3.17. The Kier molecular flexibility index (Phi) is 3.62. The first-order valence-corrected chi connectivity index (χ1v) is 5.72. The van der Waals surface area contributed by atoms with Crippen molar-refractivity contribution < 1.29 is 8.42 Å². The molecular formula is C7H14N4O2S. The number of hydrogen-bond donors (Lipinski definition) is 3. The molecule has 0 saturated carbocycles. The molecule has 1 heterocycles. The molecule has 6 nitrogen and oxygen atoms in total. The molecule has 14 heavy (non-hydrogen) atoms. The third-order valence-electron chi connectivity index (χ3n) is 1.40. The fourth-order valence-electron chi connectivity index (χ4n) is 0.906. The Hall–Kier alpha value is -0.920. The highest BCUT2D eigenvalue weighted by atomic mass is 32.2. The van der Waals surface area contributed by atoms with Gasteiger partial charge < -0.3 is 4.98 Å². The number of imidazole rings is 1. The summed E-state index contributed by atoms with van der Waals surface area (Å²) in [7, 11) is -3.40. The highest BCUT2D eigenvalue weighted by molar-refractivity contribution is 7.87. The van der Waals surface area contributed by atoms with Crippen LogP contribution in [0.25, 0.3) is 0 Å². The summed E-state index contributed by atoms with van der Waals surface area (Å²) >= 11 is 0. The third kappa shape index (κ3) is 3.86. The van der Waals surface area contributed by atoms with Gasteiger partial charge in [-0.3, -0.25) is 0 Å². The van der Waals surface area contributed by atoms with Crippen LogP contribution in [-0.2, 0) is 16.8 Å². The number of H-pyrrole nitrogens is 1. The maximum Gasteiger partial charge on any atom is 0.277 e. The lowest BCUT2D eigenvalue weighted by Gasteiger charge is -2.09. The molecule has 0 aliphatic heterocycles. The van der Waals surface area contributed by atoms with Crippen LogP contribution in [0.5, 0.6) is 0 Å². The van der Waals surface area contributed by atoms with E-state index < -0.39 is 10.2 Å². The molecule has 0 saturated heterocycles. The molecule has 0 unspecified atom stereocenters. The Balaban J connectivity index is 2.45. The number of rotatable bonds is 5. The highest BCUT2D eigenvalue weighted by Crippen LogP contribution is 1.91. The van der Waals surface area contributed by atoms with Gasteiger partial charge >= 0.3 is 0 Å². The van der Waals surface area contributed by atoms with Crippen LogP contribution in [0, 0.1) is 0 Å². The van der Waals surface area contributed by atoms with Crippen molar-refractivity contribution in [3.63, 3.8) is 0 Å². The molecule has 7 heteroatoms. The number of aromatic nitrogens is 2. The van der Waals surface area contributed by atoms with Crippen LogP contribution >= 0.6 is 0 Å². The van der Waals surface area contributed by atoms with Crippen LogP contribution in [0.2, 0.25) is 0 Å². The summed E-state index contributed by atoms with van der Waals surface area (Å²) in [6.07, 6.45) is 3.07. The average molecular weight is 218 g/mol. The van der Waals surface area contributed by atoms with Crippen molar-refractivity contribution in [3.8, 4) is 0 Å². The molecule has 0 aliphatic carbocycles. The molecule has 0 bridgehead atoms. The van der Waals surface area contributed by atoms with E-state index in [0.29, 0.717) is 0 Å².